The van der Waals surface area contributed by atoms with Crippen LogP contribution in [0.15, 0.2) is 54.6 Å². The van der Waals surface area contributed by atoms with Gasteiger partial charge in [0.2, 0.25) is 5.91 Å². The Bertz CT molecular complexity index is 624. The van der Waals surface area contributed by atoms with E-state index in [2.05, 4.69) is 36.6 Å². The smallest absolute Gasteiger partial charge is 0.234 e. The lowest BCUT2D eigenvalue weighted by atomic mass is 9.96. The molecule has 128 valence electrons. The van der Waals surface area contributed by atoms with Gasteiger partial charge in [-0.2, -0.15) is 0 Å². The van der Waals surface area contributed by atoms with Crippen LogP contribution >= 0.6 is 0 Å². The summed E-state index contributed by atoms with van der Waals surface area (Å²) < 4.78 is 5.13. The second-order valence-electron chi connectivity index (χ2n) is 6.14. The zero-order chi connectivity index (χ0) is 17.4. The Labute approximate surface area is 144 Å². The molecule has 0 aliphatic rings. The lowest BCUT2D eigenvalue weighted by Crippen LogP contribution is -2.37. The molecule has 1 amide bonds. The van der Waals surface area contributed by atoms with Gasteiger partial charge in [-0.15, -0.1) is 0 Å². The number of hydrogen-bond acceptors (Lipinski definition) is 3. The maximum absolute atomic E-state index is 12.1. The minimum atomic E-state index is -0.00704. The fraction of sp³-hybridized carbons (Fsp3) is 0.350. The lowest BCUT2D eigenvalue weighted by Gasteiger charge is -2.22. The Balaban J connectivity index is 1.82. The van der Waals surface area contributed by atoms with Gasteiger partial charge < -0.3 is 15.4 Å². The van der Waals surface area contributed by atoms with Gasteiger partial charge in [0.15, 0.2) is 0 Å². The van der Waals surface area contributed by atoms with E-state index in [9.17, 15) is 4.79 Å². The number of hydrogen-bond donors (Lipinski definition) is 2. The predicted molar refractivity (Wildman–Crippen MR) is 96.9 cm³/mol. The minimum absolute atomic E-state index is 0.00704. The van der Waals surface area contributed by atoms with Gasteiger partial charge in [-0.1, -0.05) is 56.3 Å². The highest BCUT2D eigenvalue weighted by molar-refractivity contribution is 5.78. The first-order chi connectivity index (χ1) is 11.6. The first kappa shape index (κ1) is 18.0. The van der Waals surface area contributed by atoms with Gasteiger partial charge >= 0.3 is 0 Å². The number of ether oxygens (including phenoxy) is 1. The number of nitrogens with one attached hydrogen (secondary N) is 2. The van der Waals surface area contributed by atoms with Crippen molar-refractivity contribution in [2.24, 2.45) is 5.92 Å². The molecule has 0 heterocycles. The highest BCUT2D eigenvalue weighted by Crippen LogP contribution is 2.20. The molecule has 0 radical (unpaired) electrons. The Kier molecular flexibility index (Phi) is 6.82. The average molecular weight is 326 g/mol. The van der Waals surface area contributed by atoms with Crippen molar-refractivity contribution in [2.75, 3.05) is 13.7 Å². The SMILES string of the molecule is COc1ccc(CNC(=O)CN[C@@H](c2ccccc2)C(C)C)cc1. The van der Waals surface area contributed by atoms with Gasteiger partial charge in [-0.05, 0) is 29.2 Å². The summed E-state index contributed by atoms with van der Waals surface area (Å²) in [6.45, 7) is 5.12. The highest BCUT2D eigenvalue weighted by Gasteiger charge is 2.16. The summed E-state index contributed by atoms with van der Waals surface area (Å²) in [7, 11) is 1.64. The van der Waals surface area contributed by atoms with Crippen LogP contribution in [0, 0.1) is 5.92 Å². The average Bonchev–Trinajstić information content (AvgIpc) is 2.61. The second kappa shape index (κ2) is 9.08. The summed E-state index contributed by atoms with van der Waals surface area (Å²) >= 11 is 0. The molecule has 4 nitrogen and oxygen atoms in total. The zero-order valence-corrected chi connectivity index (χ0v) is 14.6. The van der Waals surface area contributed by atoms with Crippen molar-refractivity contribution in [2.45, 2.75) is 26.4 Å². The Morgan fingerprint density at radius 1 is 1.04 bits per heavy atom. The van der Waals surface area contributed by atoms with Crippen molar-refractivity contribution < 1.29 is 9.53 Å². The van der Waals surface area contributed by atoms with Gasteiger partial charge in [-0.25, -0.2) is 0 Å². The van der Waals surface area contributed by atoms with Gasteiger partial charge in [0, 0.05) is 12.6 Å². The van der Waals surface area contributed by atoms with Crippen LogP contribution in [0.1, 0.15) is 31.0 Å². The van der Waals surface area contributed by atoms with Crippen LogP contribution in [-0.4, -0.2) is 19.6 Å². The van der Waals surface area contributed by atoms with E-state index in [4.69, 9.17) is 4.74 Å². The van der Waals surface area contributed by atoms with Crippen LogP contribution in [0.3, 0.4) is 0 Å². The molecule has 4 heteroatoms. The zero-order valence-electron chi connectivity index (χ0n) is 14.6. The van der Waals surface area contributed by atoms with Crippen molar-refractivity contribution in [3.8, 4) is 5.75 Å². The molecule has 24 heavy (non-hydrogen) atoms. The topological polar surface area (TPSA) is 50.4 Å². The third kappa shape index (κ3) is 5.39. The molecule has 0 spiro atoms. The third-order valence-electron chi connectivity index (χ3n) is 3.96. The van der Waals surface area contributed by atoms with Crippen molar-refractivity contribution in [1.29, 1.82) is 0 Å². The summed E-state index contributed by atoms with van der Waals surface area (Å²) in [5.74, 6) is 1.21. The molecule has 2 N–H and O–H groups in total. The quantitative estimate of drug-likeness (QED) is 0.782. The van der Waals surface area contributed by atoms with E-state index in [-0.39, 0.29) is 11.9 Å². The molecule has 0 unspecified atom stereocenters. The van der Waals surface area contributed by atoms with Crippen LogP contribution in [0.4, 0.5) is 0 Å². The summed E-state index contributed by atoms with van der Waals surface area (Å²) in [4.78, 5) is 12.1. The van der Waals surface area contributed by atoms with Crippen LogP contribution in [-0.2, 0) is 11.3 Å². The molecule has 0 aromatic heterocycles. The summed E-state index contributed by atoms with van der Waals surface area (Å²) in [6, 6.07) is 18.1. The van der Waals surface area contributed by atoms with E-state index in [1.165, 1.54) is 5.56 Å². The van der Waals surface area contributed by atoms with Crippen molar-refractivity contribution in [3.63, 3.8) is 0 Å². The second-order valence-corrected chi connectivity index (χ2v) is 6.14. The Morgan fingerprint density at radius 2 is 1.71 bits per heavy atom. The molecular formula is C20H26N2O2. The number of methoxy groups -OCH3 is 1. The molecule has 2 rings (SSSR count). The summed E-state index contributed by atoms with van der Waals surface area (Å²) in [5, 5.41) is 6.30. The van der Waals surface area contributed by atoms with E-state index in [0.29, 0.717) is 19.0 Å². The molecule has 2 aromatic rings. The maximum atomic E-state index is 12.1. The van der Waals surface area contributed by atoms with Crippen LogP contribution < -0.4 is 15.4 Å². The third-order valence-corrected chi connectivity index (χ3v) is 3.96. The van der Waals surface area contributed by atoms with E-state index in [0.717, 1.165) is 11.3 Å². The van der Waals surface area contributed by atoms with Gasteiger partial charge in [0.1, 0.15) is 5.75 Å². The number of amides is 1. The molecule has 0 aliphatic carbocycles. The lowest BCUT2D eigenvalue weighted by molar-refractivity contribution is -0.120. The first-order valence-corrected chi connectivity index (χ1v) is 8.28. The summed E-state index contributed by atoms with van der Waals surface area (Å²) in [6.07, 6.45) is 0. The van der Waals surface area contributed by atoms with E-state index < -0.39 is 0 Å². The van der Waals surface area contributed by atoms with Crippen molar-refractivity contribution in [1.82, 2.24) is 10.6 Å². The molecule has 1 atom stereocenters. The van der Waals surface area contributed by atoms with Gasteiger partial charge in [0.05, 0.1) is 13.7 Å². The molecular weight excluding hydrogens is 300 g/mol. The van der Waals surface area contributed by atoms with Crippen LogP contribution in [0.25, 0.3) is 0 Å². The fourth-order valence-electron chi connectivity index (χ4n) is 2.61. The monoisotopic (exact) mass is 326 g/mol. The van der Waals surface area contributed by atoms with Gasteiger partial charge in [-0.3, -0.25) is 4.79 Å². The molecule has 0 saturated heterocycles. The number of carbonyl (C=O) groups excluding carboxylic acids is 1. The summed E-state index contributed by atoms with van der Waals surface area (Å²) in [5.41, 5.74) is 2.25. The van der Waals surface area contributed by atoms with E-state index >= 15 is 0 Å². The van der Waals surface area contributed by atoms with Crippen molar-refractivity contribution >= 4 is 5.91 Å². The van der Waals surface area contributed by atoms with E-state index in [1.54, 1.807) is 7.11 Å². The Morgan fingerprint density at radius 3 is 2.29 bits per heavy atom. The fourth-order valence-corrected chi connectivity index (χ4v) is 2.61. The normalized spacial score (nSPS) is 12.0. The largest absolute Gasteiger partial charge is 0.497 e. The van der Waals surface area contributed by atoms with E-state index in [1.807, 2.05) is 42.5 Å². The van der Waals surface area contributed by atoms with Crippen LogP contribution in [0.2, 0.25) is 0 Å². The minimum Gasteiger partial charge on any atom is -0.497 e. The number of carbonyl (C=O) groups is 1. The first-order valence-electron chi connectivity index (χ1n) is 8.28. The number of benzene rings is 2. The standard InChI is InChI=1S/C20H26N2O2/c1-15(2)20(17-7-5-4-6-8-17)22-14-19(23)21-13-16-9-11-18(24-3)12-10-16/h4-12,15,20,22H,13-14H2,1-3H3,(H,21,23)/t20-/m1/s1. The van der Waals surface area contributed by atoms with Crippen molar-refractivity contribution in [3.05, 3.63) is 65.7 Å². The number of rotatable bonds is 8. The molecule has 0 bridgehead atoms. The molecule has 0 fully saturated rings. The molecule has 0 saturated carbocycles. The predicted octanol–water partition coefficient (Wildman–Crippen LogP) is 3.30. The molecule has 2 aromatic carbocycles. The maximum Gasteiger partial charge on any atom is 0.234 e. The van der Waals surface area contributed by atoms with Gasteiger partial charge in [0.25, 0.3) is 0 Å². The Hall–Kier alpha value is -2.33. The highest BCUT2D eigenvalue weighted by atomic mass is 16.5. The molecule has 0 aliphatic heterocycles. The van der Waals surface area contributed by atoms with Crippen LogP contribution in [0.5, 0.6) is 5.75 Å².